The van der Waals surface area contributed by atoms with Gasteiger partial charge >= 0.3 is 0 Å². The van der Waals surface area contributed by atoms with Crippen LogP contribution >= 0.6 is 0 Å². The molecule has 21 heavy (non-hydrogen) atoms. The zero-order valence-corrected chi connectivity index (χ0v) is 13.6. The maximum Gasteiger partial charge on any atom is 0.217 e. The second-order valence-electron chi connectivity index (χ2n) is 5.55. The predicted molar refractivity (Wildman–Crippen MR) is 84.0 cm³/mol. The standard InChI is InChI=1S/C15H24N2O3S/c1-14-13-16(2)9-6-10-17(14)21(18,19)12-11-20-15-7-4-3-5-8-15/h3-5,7-8,14H,6,9-13H2,1-2H3/t14-/m0/s1. The lowest BCUT2D eigenvalue weighted by Crippen LogP contribution is -2.43. The lowest BCUT2D eigenvalue weighted by Gasteiger charge is -2.27. The Kier molecular flexibility index (Phi) is 5.61. The van der Waals surface area contributed by atoms with E-state index in [-0.39, 0.29) is 18.4 Å². The number of nitrogens with zero attached hydrogens (tertiary/aromatic N) is 2. The fraction of sp³-hybridized carbons (Fsp3) is 0.600. The smallest absolute Gasteiger partial charge is 0.217 e. The minimum atomic E-state index is -3.27. The molecule has 1 atom stereocenters. The van der Waals surface area contributed by atoms with Gasteiger partial charge in [-0.1, -0.05) is 18.2 Å². The Morgan fingerprint density at radius 1 is 1.24 bits per heavy atom. The van der Waals surface area contributed by atoms with E-state index in [0.717, 1.165) is 19.5 Å². The summed E-state index contributed by atoms with van der Waals surface area (Å²) >= 11 is 0. The van der Waals surface area contributed by atoms with Gasteiger partial charge in [0.25, 0.3) is 0 Å². The molecule has 118 valence electrons. The maximum atomic E-state index is 12.5. The Hall–Kier alpha value is -1.11. The Bertz CT molecular complexity index is 533. The maximum absolute atomic E-state index is 12.5. The van der Waals surface area contributed by atoms with Crippen LogP contribution in [0.2, 0.25) is 0 Å². The highest BCUT2D eigenvalue weighted by atomic mass is 32.2. The molecule has 1 aromatic carbocycles. The molecule has 0 spiro atoms. The summed E-state index contributed by atoms with van der Waals surface area (Å²) in [6, 6.07) is 9.32. The Labute approximate surface area is 127 Å². The summed E-state index contributed by atoms with van der Waals surface area (Å²) in [7, 11) is -1.23. The number of sulfonamides is 1. The minimum absolute atomic E-state index is 0.0132. The van der Waals surface area contributed by atoms with Crippen LogP contribution in [0.15, 0.2) is 30.3 Å². The molecule has 1 aliphatic rings. The van der Waals surface area contributed by atoms with E-state index in [1.165, 1.54) is 0 Å². The average Bonchev–Trinajstić information content (AvgIpc) is 2.60. The van der Waals surface area contributed by atoms with E-state index in [1.807, 2.05) is 44.3 Å². The van der Waals surface area contributed by atoms with Crippen molar-refractivity contribution in [2.75, 3.05) is 39.0 Å². The van der Waals surface area contributed by atoms with E-state index in [0.29, 0.717) is 12.3 Å². The quantitative estimate of drug-likeness (QED) is 0.825. The summed E-state index contributed by atoms with van der Waals surface area (Å²) in [6.07, 6.45) is 0.875. The van der Waals surface area contributed by atoms with E-state index in [2.05, 4.69) is 4.90 Å². The first kappa shape index (κ1) is 16.3. The number of benzene rings is 1. The molecule has 1 fully saturated rings. The van der Waals surface area contributed by atoms with Gasteiger partial charge in [0.05, 0.1) is 5.75 Å². The fourth-order valence-corrected chi connectivity index (χ4v) is 4.21. The van der Waals surface area contributed by atoms with Gasteiger partial charge in [-0.3, -0.25) is 0 Å². The first-order valence-electron chi connectivity index (χ1n) is 7.35. The molecule has 0 aromatic heterocycles. The van der Waals surface area contributed by atoms with Gasteiger partial charge in [-0.2, -0.15) is 4.31 Å². The highest BCUT2D eigenvalue weighted by Gasteiger charge is 2.29. The molecule has 5 nitrogen and oxygen atoms in total. The van der Waals surface area contributed by atoms with Crippen LogP contribution in [0.3, 0.4) is 0 Å². The third-order valence-corrected chi connectivity index (χ3v) is 5.64. The second kappa shape index (κ2) is 7.24. The van der Waals surface area contributed by atoms with Crippen molar-refractivity contribution in [3.05, 3.63) is 30.3 Å². The van der Waals surface area contributed by atoms with Crippen LogP contribution in [0, 0.1) is 0 Å². The van der Waals surface area contributed by atoms with Crippen LogP contribution in [0.5, 0.6) is 5.75 Å². The first-order valence-corrected chi connectivity index (χ1v) is 8.96. The van der Waals surface area contributed by atoms with Crippen LogP contribution in [-0.4, -0.2) is 62.7 Å². The van der Waals surface area contributed by atoms with E-state index < -0.39 is 10.0 Å². The van der Waals surface area contributed by atoms with Crippen LogP contribution < -0.4 is 4.74 Å². The molecule has 6 heteroatoms. The Morgan fingerprint density at radius 3 is 2.67 bits per heavy atom. The predicted octanol–water partition coefficient (Wildman–Crippen LogP) is 1.42. The van der Waals surface area contributed by atoms with Crippen molar-refractivity contribution < 1.29 is 13.2 Å². The number of rotatable bonds is 5. The number of para-hydroxylation sites is 1. The van der Waals surface area contributed by atoms with Crippen molar-refractivity contribution in [1.82, 2.24) is 9.21 Å². The van der Waals surface area contributed by atoms with Crippen molar-refractivity contribution in [1.29, 1.82) is 0 Å². The van der Waals surface area contributed by atoms with E-state index in [1.54, 1.807) is 4.31 Å². The highest BCUT2D eigenvalue weighted by Crippen LogP contribution is 2.15. The van der Waals surface area contributed by atoms with Gasteiger partial charge in [0.2, 0.25) is 10.0 Å². The van der Waals surface area contributed by atoms with Crippen LogP contribution in [0.25, 0.3) is 0 Å². The molecular weight excluding hydrogens is 288 g/mol. The zero-order valence-electron chi connectivity index (χ0n) is 12.7. The first-order chi connectivity index (χ1) is 9.99. The third kappa shape index (κ3) is 4.69. The summed E-state index contributed by atoms with van der Waals surface area (Å²) in [5, 5.41) is 0. The molecule has 0 radical (unpaired) electrons. The fourth-order valence-electron chi connectivity index (χ4n) is 2.66. The highest BCUT2D eigenvalue weighted by molar-refractivity contribution is 7.89. The molecule has 0 bridgehead atoms. The van der Waals surface area contributed by atoms with Gasteiger partial charge in [-0.05, 0) is 39.1 Å². The summed E-state index contributed by atoms with van der Waals surface area (Å²) in [5.74, 6) is 0.729. The number of hydrogen-bond donors (Lipinski definition) is 0. The van der Waals surface area contributed by atoms with Crippen molar-refractivity contribution in [3.8, 4) is 5.75 Å². The topological polar surface area (TPSA) is 49.9 Å². The van der Waals surface area contributed by atoms with Gasteiger partial charge in [-0.25, -0.2) is 8.42 Å². The van der Waals surface area contributed by atoms with E-state index in [9.17, 15) is 8.42 Å². The molecule has 0 aliphatic carbocycles. The SMILES string of the molecule is C[C@H]1CN(C)CCCN1S(=O)(=O)CCOc1ccccc1. The summed E-state index contributed by atoms with van der Waals surface area (Å²) in [4.78, 5) is 2.18. The Balaban J connectivity index is 1.91. The van der Waals surface area contributed by atoms with E-state index in [4.69, 9.17) is 4.74 Å². The summed E-state index contributed by atoms with van der Waals surface area (Å²) < 4.78 is 32.1. The number of likely N-dealkylation sites (N-methyl/N-ethyl adjacent to an activating group) is 1. The summed E-state index contributed by atoms with van der Waals surface area (Å²) in [6.45, 7) is 4.47. The lowest BCUT2D eigenvalue weighted by atomic mass is 10.3. The van der Waals surface area contributed by atoms with Crippen LogP contribution in [0.4, 0.5) is 0 Å². The molecule has 1 aliphatic heterocycles. The third-order valence-electron chi connectivity index (χ3n) is 3.70. The van der Waals surface area contributed by atoms with Crippen molar-refractivity contribution in [2.24, 2.45) is 0 Å². The monoisotopic (exact) mass is 312 g/mol. The Morgan fingerprint density at radius 2 is 1.95 bits per heavy atom. The molecule has 1 saturated heterocycles. The summed E-state index contributed by atoms with van der Waals surface area (Å²) in [5.41, 5.74) is 0. The molecule has 0 unspecified atom stereocenters. The zero-order chi connectivity index (χ0) is 15.3. The van der Waals surface area contributed by atoms with Crippen molar-refractivity contribution >= 4 is 10.0 Å². The van der Waals surface area contributed by atoms with Crippen LogP contribution in [0.1, 0.15) is 13.3 Å². The number of hydrogen-bond acceptors (Lipinski definition) is 4. The molecule has 1 aromatic rings. The van der Waals surface area contributed by atoms with Crippen molar-refractivity contribution in [2.45, 2.75) is 19.4 Å². The van der Waals surface area contributed by atoms with Gasteiger partial charge in [0.1, 0.15) is 12.4 Å². The minimum Gasteiger partial charge on any atom is -0.492 e. The van der Waals surface area contributed by atoms with Gasteiger partial charge in [0, 0.05) is 19.1 Å². The molecule has 0 saturated carbocycles. The van der Waals surface area contributed by atoms with E-state index >= 15 is 0 Å². The molecule has 1 heterocycles. The second-order valence-corrected chi connectivity index (χ2v) is 7.59. The molecule has 0 N–H and O–H groups in total. The van der Waals surface area contributed by atoms with Crippen LogP contribution in [-0.2, 0) is 10.0 Å². The normalized spacial score (nSPS) is 21.9. The van der Waals surface area contributed by atoms with Gasteiger partial charge < -0.3 is 9.64 Å². The number of ether oxygens (including phenoxy) is 1. The average molecular weight is 312 g/mol. The van der Waals surface area contributed by atoms with Crippen molar-refractivity contribution in [3.63, 3.8) is 0 Å². The molecular formula is C15H24N2O3S. The molecule has 2 rings (SSSR count). The van der Waals surface area contributed by atoms with Gasteiger partial charge in [-0.15, -0.1) is 0 Å². The largest absolute Gasteiger partial charge is 0.492 e. The lowest BCUT2D eigenvalue weighted by molar-refractivity contribution is 0.286. The molecule has 0 amide bonds. The van der Waals surface area contributed by atoms with Gasteiger partial charge in [0.15, 0.2) is 0 Å².